The van der Waals surface area contributed by atoms with Gasteiger partial charge in [0.25, 0.3) is 0 Å². The fourth-order valence-electron chi connectivity index (χ4n) is 1.78. The van der Waals surface area contributed by atoms with E-state index in [1.54, 1.807) is 6.26 Å². The van der Waals surface area contributed by atoms with E-state index in [0.717, 1.165) is 17.0 Å². The largest absolute Gasteiger partial charge is 0.417 e. The summed E-state index contributed by atoms with van der Waals surface area (Å²) in [6, 6.07) is 6.01. The zero-order valence-electron chi connectivity index (χ0n) is 12.8. The molecule has 1 heterocycles. The topological polar surface area (TPSA) is 47.3 Å². The van der Waals surface area contributed by atoms with Crippen LogP contribution in [0.5, 0.6) is 11.8 Å². The van der Waals surface area contributed by atoms with Gasteiger partial charge in [0.15, 0.2) is 0 Å². The lowest BCUT2D eigenvalue weighted by molar-refractivity contribution is 0.329. The first-order valence-corrected chi connectivity index (χ1v) is 6.78. The zero-order valence-corrected chi connectivity index (χ0v) is 12.8. The number of aromatic nitrogens is 1. The van der Waals surface area contributed by atoms with Crippen LogP contribution in [0.2, 0.25) is 0 Å². The second-order valence-corrected chi connectivity index (χ2v) is 6.08. The molecule has 0 bridgehead atoms. The van der Waals surface area contributed by atoms with E-state index in [4.69, 9.17) is 9.15 Å². The summed E-state index contributed by atoms with van der Waals surface area (Å²) < 4.78 is 11.0. The molecule has 0 unspecified atom stereocenters. The van der Waals surface area contributed by atoms with Gasteiger partial charge in [-0.1, -0.05) is 17.7 Å². The van der Waals surface area contributed by atoms with Crippen LogP contribution in [-0.2, 0) is 6.54 Å². The van der Waals surface area contributed by atoms with Crippen LogP contribution in [-0.4, -0.2) is 10.5 Å². The Hall–Kier alpha value is -1.81. The average molecular weight is 274 g/mol. The molecule has 1 aromatic carbocycles. The Labute approximate surface area is 120 Å². The number of rotatable bonds is 4. The number of nitrogens with zero attached hydrogens (tertiary/aromatic N) is 1. The van der Waals surface area contributed by atoms with Gasteiger partial charge >= 0.3 is 6.08 Å². The molecule has 0 aliphatic carbocycles. The minimum absolute atomic E-state index is 0.0491. The van der Waals surface area contributed by atoms with Crippen molar-refractivity contribution in [3.63, 3.8) is 0 Å². The summed E-state index contributed by atoms with van der Waals surface area (Å²) in [6.45, 7) is 11.1. The van der Waals surface area contributed by atoms with Gasteiger partial charge in [0.05, 0.1) is 5.69 Å². The fraction of sp³-hybridized carbons (Fsp3) is 0.438. The highest BCUT2D eigenvalue weighted by atomic mass is 16.6. The van der Waals surface area contributed by atoms with Gasteiger partial charge in [-0.15, -0.1) is 0 Å². The van der Waals surface area contributed by atoms with Gasteiger partial charge in [0, 0.05) is 12.1 Å². The van der Waals surface area contributed by atoms with Crippen LogP contribution in [0.3, 0.4) is 0 Å². The van der Waals surface area contributed by atoms with Gasteiger partial charge in [-0.3, -0.25) is 0 Å². The van der Waals surface area contributed by atoms with E-state index >= 15 is 0 Å². The lowest BCUT2D eigenvalue weighted by Crippen LogP contribution is -2.35. The molecule has 20 heavy (non-hydrogen) atoms. The molecule has 0 atom stereocenters. The van der Waals surface area contributed by atoms with Crippen LogP contribution >= 0.6 is 0 Å². The van der Waals surface area contributed by atoms with Crippen molar-refractivity contribution in [1.82, 2.24) is 10.3 Å². The molecule has 4 nitrogen and oxygen atoms in total. The van der Waals surface area contributed by atoms with Crippen molar-refractivity contribution in [3.05, 3.63) is 41.3 Å². The van der Waals surface area contributed by atoms with Crippen LogP contribution < -0.4 is 10.1 Å². The molecule has 4 heteroatoms. The number of aryl methyl sites for hydroxylation is 2. The standard InChI is InChI=1S/C16H22N2O2/c1-11-6-7-14(12(2)8-11)20-15-18-13(10-19-15)9-17-16(3,4)5/h6-8,10,17H,9H2,1-5H3. The highest BCUT2D eigenvalue weighted by molar-refractivity contribution is 5.36. The van der Waals surface area contributed by atoms with Gasteiger partial charge < -0.3 is 14.5 Å². The second-order valence-electron chi connectivity index (χ2n) is 6.08. The molecule has 0 saturated carbocycles. The summed E-state index contributed by atoms with van der Waals surface area (Å²) in [5.74, 6) is 0.771. The van der Waals surface area contributed by atoms with Crippen LogP contribution in [0.1, 0.15) is 37.6 Å². The fourth-order valence-corrected chi connectivity index (χ4v) is 1.78. The molecule has 0 spiro atoms. The Balaban J connectivity index is 2.02. The first kappa shape index (κ1) is 14.6. The molecule has 1 aromatic heterocycles. The maximum absolute atomic E-state index is 5.67. The van der Waals surface area contributed by atoms with E-state index in [1.807, 2.05) is 19.1 Å². The molecule has 108 valence electrons. The molecule has 1 N–H and O–H groups in total. The van der Waals surface area contributed by atoms with Crippen molar-refractivity contribution >= 4 is 0 Å². The third-order valence-corrected chi connectivity index (χ3v) is 2.86. The smallest absolute Gasteiger partial charge is 0.399 e. The lowest BCUT2D eigenvalue weighted by Gasteiger charge is -2.19. The molecule has 0 amide bonds. The zero-order chi connectivity index (χ0) is 14.8. The second kappa shape index (κ2) is 5.67. The quantitative estimate of drug-likeness (QED) is 0.916. The molecule has 0 fully saturated rings. The summed E-state index contributed by atoms with van der Waals surface area (Å²) >= 11 is 0. The van der Waals surface area contributed by atoms with Crippen molar-refractivity contribution < 1.29 is 9.15 Å². The van der Waals surface area contributed by atoms with E-state index < -0.39 is 0 Å². The maximum atomic E-state index is 5.67. The highest BCUT2D eigenvalue weighted by Gasteiger charge is 2.12. The van der Waals surface area contributed by atoms with Gasteiger partial charge in [0.2, 0.25) is 0 Å². The maximum Gasteiger partial charge on any atom is 0.399 e. The molecule has 2 aromatic rings. The van der Waals surface area contributed by atoms with Gasteiger partial charge in [0.1, 0.15) is 12.0 Å². The highest BCUT2D eigenvalue weighted by Crippen LogP contribution is 2.25. The van der Waals surface area contributed by atoms with E-state index in [9.17, 15) is 0 Å². The van der Waals surface area contributed by atoms with Crippen molar-refractivity contribution in [2.24, 2.45) is 0 Å². The summed E-state index contributed by atoms with van der Waals surface area (Å²) in [7, 11) is 0. The normalized spacial score (nSPS) is 11.7. The van der Waals surface area contributed by atoms with Crippen LogP contribution in [0.25, 0.3) is 0 Å². The Kier molecular flexibility index (Phi) is 4.14. The van der Waals surface area contributed by atoms with Gasteiger partial charge in [-0.25, -0.2) is 0 Å². The molecular weight excluding hydrogens is 252 g/mol. The average Bonchev–Trinajstić information content (AvgIpc) is 2.77. The first-order chi connectivity index (χ1) is 9.33. The van der Waals surface area contributed by atoms with Crippen molar-refractivity contribution in [1.29, 1.82) is 0 Å². The van der Waals surface area contributed by atoms with E-state index in [1.165, 1.54) is 5.56 Å². The lowest BCUT2D eigenvalue weighted by atomic mass is 10.1. The van der Waals surface area contributed by atoms with Crippen molar-refractivity contribution in [3.8, 4) is 11.8 Å². The summed E-state index contributed by atoms with van der Waals surface area (Å²) in [5, 5.41) is 3.36. The molecule has 0 aliphatic heterocycles. The number of hydrogen-bond donors (Lipinski definition) is 1. The molecule has 0 radical (unpaired) electrons. The van der Waals surface area contributed by atoms with E-state index in [-0.39, 0.29) is 11.6 Å². The Morgan fingerprint density at radius 3 is 2.65 bits per heavy atom. The van der Waals surface area contributed by atoms with Crippen LogP contribution in [0.15, 0.2) is 28.9 Å². The number of nitrogens with one attached hydrogen (secondary N) is 1. The van der Waals surface area contributed by atoms with Crippen LogP contribution in [0, 0.1) is 13.8 Å². The molecule has 0 saturated heterocycles. The molecule has 0 aliphatic rings. The predicted octanol–water partition coefficient (Wildman–Crippen LogP) is 3.97. The summed E-state index contributed by atoms with van der Waals surface area (Å²) in [5.41, 5.74) is 3.16. The number of oxazole rings is 1. The Bertz CT molecular complexity index is 582. The van der Waals surface area contributed by atoms with Gasteiger partial charge in [-0.05, 0) is 46.2 Å². The minimum atomic E-state index is 0.0491. The summed E-state index contributed by atoms with van der Waals surface area (Å²) in [6.07, 6.45) is 1.90. The Morgan fingerprint density at radius 2 is 2.00 bits per heavy atom. The summed E-state index contributed by atoms with van der Waals surface area (Å²) in [4.78, 5) is 4.32. The third kappa shape index (κ3) is 4.10. The van der Waals surface area contributed by atoms with Crippen LogP contribution in [0.4, 0.5) is 0 Å². The van der Waals surface area contributed by atoms with Crippen molar-refractivity contribution in [2.75, 3.05) is 0 Å². The third-order valence-electron chi connectivity index (χ3n) is 2.86. The van der Waals surface area contributed by atoms with Crippen molar-refractivity contribution in [2.45, 2.75) is 46.7 Å². The Morgan fingerprint density at radius 1 is 1.25 bits per heavy atom. The minimum Gasteiger partial charge on any atom is -0.417 e. The van der Waals surface area contributed by atoms with E-state index in [2.05, 4.69) is 44.1 Å². The number of ether oxygens (including phenoxy) is 1. The number of benzene rings is 1. The SMILES string of the molecule is Cc1ccc(Oc2nc(CNC(C)(C)C)co2)c(C)c1. The van der Waals surface area contributed by atoms with Gasteiger partial charge in [-0.2, -0.15) is 4.98 Å². The first-order valence-electron chi connectivity index (χ1n) is 6.78. The van der Waals surface area contributed by atoms with E-state index in [0.29, 0.717) is 6.54 Å². The molecule has 2 rings (SSSR count). The number of hydrogen-bond acceptors (Lipinski definition) is 4. The predicted molar refractivity (Wildman–Crippen MR) is 79.1 cm³/mol. The monoisotopic (exact) mass is 274 g/mol. The molecular formula is C16H22N2O2.